The molecule has 0 saturated heterocycles. The molecule has 6 nitrogen and oxygen atoms in total. The second kappa shape index (κ2) is 7.68. The van der Waals surface area contributed by atoms with Crippen molar-refractivity contribution in [2.45, 2.75) is 16.9 Å². The van der Waals surface area contributed by atoms with Gasteiger partial charge in [0.1, 0.15) is 16.9 Å². The molecule has 168 valence electrons. The van der Waals surface area contributed by atoms with Gasteiger partial charge in [0.15, 0.2) is 5.41 Å². The van der Waals surface area contributed by atoms with Crippen LogP contribution in [-0.2, 0) is 16.8 Å². The average Bonchev–Trinajstić information content (AvgIpc) is 3.37. The molecule has 0 fully saturated rings. The zero-order chi connectivity index (χ0) is 24.3. The molecule has 6 rings (SSSR count). The summed E-state index contributed by atoms with van der Waals surface area (Å²) in [5, 5.41) is 22.0. The van der Waals surface area contributed by atoms with Crippen LogP contribution in [0.3, 0.4) is 0 Å². The van der Waals surface area contributed by atoms with Gasteiger partial charge in [0.2, 0.25) is 5.91 Å². The Morgan fingerprint density at radius 1 is 0.914 bits per heavy atom. The maximum absolute atomic E-state index is 14.4. The van der Waals surface area contributed by atoms with Crippen LogP contribution in [0.1, 0.15) is 11.1 Å². The Kier molecular flexibility index (Phi) is 4.69. The lowest BCUT2D eigenvalue weighted by Crippen LogP contribution is -2.48. The molecule has 3 heterocycles. The quantitative estimate of drug-likeness (QED) is 0.528. The van der Waals surface area contributed by atoms with Gasteiger partial charge in [-0.25, -0.2) is 0 Å². The molecule has 2 N–H and O–H groups in total. The van der Waals surface area contributed by atoms with E-state index in [2.05, 4.69) is 12.1 Å². The number of rotatable bonds is 2. The summed E-state index contributed by atoms with van der Waals surface area (Å²) in [7, 11) is 0. The molecule has 0 bridgehead atoms. The Morgan fingerprint density at radius 3 is 2.31 bits per heavy atom. The second-order valence-corrected chi connectivity index (χ2v) is 9.76. The molecule has 1 atom stereocenters. The standard InChI is InChI=1S/C27H16ClN5OS/c28-20-9-3-1-7-16(20)15-32-21-10-4-2-8-17(21)27(26(32)34)18(13-29)24(31)33-22-11-5-6-12-23(22)35-25(33)19(27)14-30/h1-12H,15,31H2. The Balaban J connectivity index is 1.63. The number of nitriles is 2. The first-order valence-electron chi connectivity index (χ1n) is 10.8. The number of hydrogen-bond donors (Lipinski definition) is 1. The van der Waals surface area contributed by atoms with E-state index in [9.17, 15) is 15.3 Å². The number of hydrogen-bond acceptors (Lipinski definition) is 6. The van der Waals surface area contributed by atoms with E-state index < -0.39 is 11.3 Å². The van der Waals surface area contributed by atoms with E-state index in [1.165, 1.54) is 11.8 Å². The molecule has 1 amide bonds. The smallest absolute Gasteiger partial charge is 0.248 e. The topological polar surface area (TPSA) is 97.1 Å². The predicted molar refractivity (Wildman–Crippen MR) is 135 cm³/mol. The number of carbonyl (C=O) groups is 1. The Morgan fingerprint density at radius 2 is 1.57 bits per heavy atom. The number of thioether (sulfide) groups is 1. The van der Waals surface area contributed by atoms with Crippen molar-refractivity contribution in [3.05, 3.63) is 111 Å². The van der Waals surface area contributed by atoms with E-state index in [0.29, 0.717) is 21.3 Å². The predicted octanol–water partition coefficient (Wildman–Crippen LogP) is 5.18. The summed E-state index contributed by atoms with van der Waals surface area (Å²) in [6.07, 6.45) is 0. The minimum atomic E-state index is -1.63. The van der Waals surface area contributed by atoms with Gasteiger partial charge >= 0.3 is 0 Å². The summed E-state index contributed by atoms with van der Waals surface area (Å²) >= 11 is 7.80. The third kappa shape index (κ3) is 2.68. The van der Waals surface area contributed by atoms with Crippen LogP contribution in [-0.4, -0.2) is 5.91 Å². The summed E-state index contributed by atoms with van der Waals surface area (Å²) in [4.78, 5) is 18.6. The van der Waals surface area contributed by atoms with E-state index in [-0.39, 0.29) is 23.5 Å². The van der Waals surface area contributed by atoms with Gasteiger partial charge in [0.25, 0.3) is 0 Å². The number of amides is 1. The molecule has 8 heteroatoms. The van der Waals surface area contributed by atoms with Crippen LogP contribution in [0.15, 0.2) is 99.7 Å². The molecule has 3 aliphatic heterocycles. The van der Waals surface area contributed by atoms with E-state index in [4.69, 9.17) is 17.3 Å². The molecule has 0 saturated carbocycles. The van der Waals surface area contributed by atoms with Crippen molar-refractivity contribution >= 4 is 40.6 Å². The highest BCUT2D eigenvalue weighted by molar-refractivity contribution is 8.03. The van der Waals surface area contributed by atoms with E-state index in [1.54, 1.807) is 28.0 Å². The van der Waals surface area contributed by atoms with Crippen molar-refractivity contribution in [1.29, 1.82) is 10.5 Å². The number of nitrogens with zero attached hydrogens (tertiary/aromatic N) is 4. The maximum atomic E-state index is 14.4. The first kappa shape index (κ1) is 21.4. The van der Waals surface area contributed by atoms with Crippen LogP contribution >= 0.6 is 23.4 Å². The Hall–Kier alpha value is -4.17. The minimum absolute atomic E-state index is 0.0502. The van der Waals surface area contributed by atoms with Crippen molar-refractivity contribution in [3.8, 4) is 12.1 Å². The summed E-state index contributed by atoms with van der Waals surface area (Å²) in [6.45, 7) is 0.195. The van der Waals surface area contributed by atoms with Gasteiger partial charge in [-0.15, -0.1) is 0 Å². The first-order chi connectivity index (χ1) is 17.0. The van der Waals surface area contributed by atoms with Gasteiger partial charge in [-0.3, -0.25) is 9.69 Å². The van der Waals surface area contributed by atoms with Gasteiger partial charge < -0.3 is 10.6 Å². The highest BCUT2D eigenvalue weighted by atomic mass is 35.5. The SMILES string of the molecule is N#CC1=C(N)N2C(=C(C#N)C13C(=O)N(Cc1ccccc1Cl)c1ccccc13)Sc1ccccc12. The fourth-order valence-electron chi connectivity index (χ4n) is 5.14. The highest BCUT2D eigenvalue weighted by Gasteiger charge is 2.61. The summed E-state index contributed by atoms with van der Waals surface area (Å²) in [5.74, 6) is -0.236. The van der Waals surface area contributed by atoms with E-state index in [1.807, 2.05) is 54.6 Å². The first-order valence-corrected chi connectivity index (χ1v) is 12.0. The number of benzene rings is 3. The van der Waals surface area contributed by atoms with Crippen LogP contribution in [0.5, 0.6) is 0 Å². The molecule has 0 aromatic heterocycles. The Labute approximate surface area is 211 Å². The number of anilines is 2. The summed E-state index contributed by atoms with van der Waals surface area (Å²) in [6, 6.07) is 26.7. The van der Waals surface area contributed by atoms with Crippen LogP contribution in [0.4, 0.5) is 11.4 Å². The lowest BCUT2D eigenvalue weighted by molar-refractivity contribution is -0.120. The van der Waals surface area contributed by atoms with Crippen molar-refractivity contribution in [1.82, 2.24) is 0 Å². The zero-order valence-electron chi connectivity index (χ0n) is 18.2. The second-order valence-electron chi connectivity index (χ2n) is 8.32. The molecule has 0 radical (unpaired) electrons. The molecule has 3 aromatic carbocycles. The van der Waals surface area contributed by atoms with Gasteiger partial charge in [-0.05, 0) is 29.8 Å². The number of para-hydroxylation sites is 2. The average molecular weight is 494 g/mol. The van der Waals surface area contributed by atoms with Crippen molar-refractivity contribution in [3.63, 3.8) is 0 Å². The van der Waals surface area contributed by atoms with Gasteiger partial charge in [-0.1, -0.05) is 71.9 Å². The monoisotopic (exact) mass is 493 g/mol. The lowest BCUT2D eigenvalue weighted by Gasteiger charge is -2.37. The third-order valence-electron chi connectivity index (χ3n) is 6.65. The number of fused-ring (bicyclic) bond motifs is 5. The number of carbonyl (C=O) groups excluding carboxylic acids is 1. The molecular formula is C27H16ClN5OS. The van der Waals surface area contributed by atoms with Crippen LogP contribution in [0.2, 0.25) is 5.02 Å². The summed E-state index contributed by atoms with van der Waals surface area (Å²) in [5.41, 5.74) is 7.99. The van der Waals surface area contributed by atoms with Crippen LogP contribution in [0, 0.1) is 22.7 Å². The highest BCUT2D eigenvalue weighted by Crippen LogP contribution is 2.60. The maximum Gasteiger partial charge on any atom is 0.248 e. The van der Waals surface area contributed by atoms with Crippen molar-refractivity contribution in [2.75, 3.05) is 9.80 Å². The Bertz CT molecular complexity index is 1600. The molecular weight excluding hydrogens is 478 g/mol. The fourth-order valence-corrected chi connectivity index (χ4v) is 6.54. The third-order valence-corrected chi connectivity index (χ3v) is 8.17. The molecule has 0 aliphatic carbocycles. The molecule has 1 spiro atoms. The molecule has 3 aliphatic rings. The fraction of sp³-hybridized carbons (Fsp3) is 0.0741. The number of halogens is 1. The molecule has 3 aromatic rings. The van der Waals surface area contributed by atoms with Gasteiger partial charge in [0.05, 0.1) is 29.4 Å². The zero-order valence-corrected chi connectivity index (χ0v) is 19.8. The van der Waals surface area contributed by atoms with Crippen molar-refractivity contribution in [2.24, 2.45) is 5.73 Å². The largest absolute Gasteiger partial charge is 0.384 e. The van der Waals surface area contributed by atoms with Crippen LogP contribution in [0.25, 0.3) is 0 Å². The van der Waals surface area contributed by atoms with Crippen LogP contribution < -0.4 is 15.5 Å². The lowest BCUT2D eigenvalue weighted by atomic mass is 9.68. The van der Waals surface area contributed by atoms with Gasteiger partial charge in [-0.2, -0.15) is 10.5 Å². The van der Waals surface area contributed by atoms with Crippen molar-refractivity contribution < 1.29 is 4.79 Å². The molecule has 35 heavy (non-hydrogen) atoms. The summed E-state index contributed by atoms with van der Waals surface area (Å²) < 4.78 is 0. The molecule has 1 unspecified atom stereocenters. The minimum Gasteiger partial charge on any atom is -0.384 e. The van der Waals surface area contributed by atoms with Gasteiger partial charge in [0, 0.05) is 21.2 Å². The number of nitrogens with two attached hydrogens (primary N) is 1. The van der Waals surface area contributed by atoms with E-state index >= 15 is 0 Å². The van der Waals surface area contributed by atoms with E-state index in [0.717, 1.165) is 16.1 Å². The normalized spacial score (nSPS) is 20.0.